The van der Waals surface area contributed by atoms with Crippen molar-refractivity contribution in [2.45, 2.75) is 51.6 Å². The van der Waals surface area contributed by atoms with Crippen molar-refractivity contribution in [3.05, 3.63) is 34.6 Å². The van der Waals surface area contributed by atoms with Crippen LogP contribution >= 0.6 is 11.6 Å². The molecule has 1 aromatic rings. The fourth-order valence-corrected chi connectivity index (χ4v) is 2.05. The summed E-state index contributed by atoms with van der Waals surface area (Å²) in [5.41, 5.74) is 0.888. The third kappa shape index (κ3) is 5.51. The van der Waals surface area contributed by atoms with E-state index in [4.69, 9.17) is 11.6 Å². The van der Waals surface area contributed by atoms with Crippen LogP contribution in [0.1, 0.15) is 44.6 Å². The lowest BCUT2D eigenvalue weighted by Crippen LogP contribution is -2.10. The Kier molecular flexibility index (Phi) is 6.53. The van der Waals surface area contributed by atoms with Crippen LogP contribution in [0.4, 0.5) is 4.39 Å². The molecule has 1 rings (SSSR count). The smallest absolute Gasteiger partial charge is 0.141 e. The van der Waals surface area contributed by atoms with Gasteiger partial charge in [0.2, 0.25) is 0 Å². The van der Waals surface area contributed by atoms with Crippen molar-refractivity contribution < 1.29 is 9.50 Å². The molecule has 0 spiro atoms. The first kappa shape index (κ1) is 14.5. The number of aliphatic hydroxyl groups is 1. The van der Waals surface area contributed by atoms with Gasteiger partial charge in [0.25, 0.3) is 0 Å². The lowest BCUT2D eigenvalue weighted by molar-refractivity contribution is 0.161. The van der Waals surface area contributed by atoms with E-state index in [1.165, 1.54) is 18.9 Å². The molecule has 0 aliphatic carbocycles. The zero-order valence-electron chi connectivity index (χ0n) is 10.3. The van der Waals surface area contributed by atoms with Crippen LogP contribution in [-0.2, 0) is 6.42 Å². The Labute approximate surface area is 108 Å². The Hall–Kier alpha value is -0.600. The Morgan fingerprint density at radius 3 is 2.71 bits per heavy atom. The molecule has 1 atom stereocenters. The average Bonchev–Trinajstić information content (AvgIpc) is 2.30. The highest BCUT2D eigenvalue weighted by atomic mass is 35.5. The highest BCUT2D eigenvalue weighted by Gasteiger charge is 2.07. The molecule has 3 heteroatoms. The monoisotopic (exact) mass is 258 g/mol. The summed E-state index contributed by atoms with van der Waals surface area (Å²) < 4.78 is 12.9. The van der Waals surface area contributed by atoms with Crippen LogP contribution in [-0.4, -0.2) is 11.2 Å². The highest BCUT2D eigenvalue weighted by Crippen LogP contribution is 2.18. The van der Waals surface area contributed by atoms with E-state index < -0.39 is 5.82 Å². The van der Waals surface area contributed by atoms with E-state index in [0.717, 1.165) is 24.8 Å². The van der Waals surface area contributed by atoms with Crippen molar-refractivity contribution in [1.82, 2.24) is 0 Å². The lowest BCUT2D eigenvalue weighted by atomic mass is 10.0. The molecule has 96 valence electrons. The second-order valence-electron chi connectivity index (χ2n) is 4.46. The molecule has 1 nitrogen and oxygen atoms in total. The predicted molar refractivity (Wildman–Crippen MR) is 69.9 cm³/mol. The number of hydrogen-bond donors (Lipinski definition) is 1. The van der Waals surface area contributed by atoms with Crippen molar-refractivity contribution in [3.8, 4) is 0 Å². The van der Waals surface area contributed by atoms with Crippen LogP contribution in [0.15, 0.2) is 18.2 Å². The van der Waals surface area contributed by atoms with Gasteiger partial charge in [-0.25, -0.2) is 4.39 Å². The van der Waals surface area contributed by atoms with Crippen molar-refractivity contribution in [2.75, 3.05) is 0 Å². The van der Waals surface area contributed by atoms with Crippen molar-refractivity contribution in [1.29, 1.82) is 0 Å². The van der Waals surface area contributed by atoms with E-state index in [2.05, 4.69) is 6.92 Å². The molecule has 0 fully saturated rings. The second-order valence-corrected chi connectivity index (χ2v) is 4.86. The van der Waals surface area contributed by atoms with E-state index in [0.29, 0.717) is 6.42 Å². The van der Waals surface area contributed by atoms with Gasteiger partial charge < -0.3 is 5.11 Å². The van der Waals surface area contributed by atoms with Gasteiger partial charge in [-0.2, -0.15) is 0 Å². The van der Waals surface area contributed by atoms with Gasteiger partial charge in [0, 0.05) is 0 Å². The number of rotatable bonds is 7. The maximum absolute atomic E-state index is 12.9. The molecule has 0 heterocycles. The van der Waals surface area contributed by atoms with E-state index >= 15 is 0 Å². The molecular formula is C14H20ClFO. The van der Waals surface area contributed by atoms with Gasteiger partial charge in [-0.1, -0.05) is 50.3 Å². The topological polar surface area (TPSA) is 20.2 Å². The molecule has 1 N–H and O–H groups in total. The van der Waals surface area contributed by atoms with Crippen LogP contribution in [0, 0.1) is 5.82 Å². The third-order valence-corrected chi connectivity index (χ3v) is 3.14. The van der Waals surface area contributed by atoms with Crippen molar-refractivity contribution in [3.63, 3.8) is 0 Å². The first-order valence-electron chi connectivity index (χ1n) is 6.25. The van der Waals surface area contributed by atoms with Crippen LogP contribution < -0.4 is 0 Å². The third-order valence-electron chi connectivity index (χ3n) is 2.85. The van der Waals surface area contributed by atoms with Gasteiger partial charge in [-0.15, -0.1) is 0 Å². The van der Waals surface area contributed by atoms with Gasteiger partial charge >= 0.3 is 0 Å². The molecule has 0 saturated carbocycles. The number of benzene rings is 1. The Morgan fingerprint density at radius 1 is 1.29 bits per heavy atom. The first-order valence-corrected chi connectivity index (χ1v) is 6.63. The zero-order valence-corrected chi connectivity index (χ0v) is 11.0. The van der Waals surface area contributed by atoms with Crippen molar-refractivity contribution >= 4 is 11.6 Å². The number of hydrogen-bond acceptors (Lipinski definition) is 1. The lowest BCUT2D eigenvalue weighted by Gasteiger charge is -2.10. The van der Waals surface area contributed by atoms with Gasteiger partial charge in [-0.05, 0) is 30.5 Å². The van der Waals surface area contributed by atoms with E-state index in [1.54, 1.807) is 12.1 Å². The number of aliphatic hydroxyl groups excluding tert-OH is 1. The minimum absolute atomic E-state index is 0.126. The van der Waals surface area contributed by atoms with Gasteiger partial charge in [0.1, 0.15) is 5.82 Å². The fraction of sp³-hybridized carbons (Fsp3) is 0.571. The second kappa shape index (κ2) is 7.67. The maximum Gasteiger partial charge on any atom is 0.141 e. The fourth-order valence-electron chi connectivity index (χ4n) is 1.85. The minimum atomic E-state index is -0.409. The number of halogens is 2. The minimum Gasteiger partial charge on any atom is -0.393 e. The molecule has 0 radical (unpaired) electrons. The summed E-state index contributed by atoms with van der Waals surface area (Å²) in [7, 11) is 0. The largest absolute Gasteiger partial charge is 0.393 e. The summed E-state index contributed by atoms with van der Waals surface area (Å²) in [6, 6.07) is 4.62. The molecule has 1 aromatic carbocycles. The Morgan fingerprint density at radius 2 is 2.06 bits per heavy atom. The molecular weight excluding hydrogens is 239 g/mol. The molecule has 0 saturated heterocycles. The maximum atomic E-state index is 12.9. The van der Waals surface area contributed by atoms with Crippen LogP contribution in [0.2, 0.25) is 5.02 Å². The van der Waals surface area contributed by atoms with E-state index in [1.807, 2.05) is 0 Å². The summed E-state index contributed by atoms with van der Waals surface area (Å²) in [6.07, 6.45) is 5.62. The summed E-state index contributed by atoms with van der Waals surface area (Å²) in [4.78, 5) is 0. The van der Waals surface area contributed by atoms with Gasteiger partial charge in [0.15, 0.2) is 0 Å². The van der Waals surface area contributed by atoms with E-state index in [9.17, 15) is 9.50 Å². The molecule has 0 aliphatic heterocycles. The Balaban J connectivity index is 2.34. The standard InChI is InChI=1S/C14H20ClFO/c1-2-3-4-5-6-12(17)9-11-7-8-14(16)13(15)10-11/h7-8,10,12,17H,2-6,9H2,1H3. The molecule has 0 bridgehead atoms. The first-order chi connectivity index (χ1) is 8.13. The van der Waals surface area contributed by atoms with Crippen LogP contribution in [0.3, 0.4) is 0 Å². The molecule has 17 heavy (non-hydrogen) atoms. The molecule has 0 amide bonds. The van der Waals surface area contributed by atoms with Crippen LogP contribution in [0.5, 0.6) is 0 Å². The summed E-state index contributed by atoms with van der Waals surface area (Å²) in [6.45, 7) is 2.16. The average molecular weight is 259 g/mol. The van der Waals surface area contributed by atoms with Crippen molar-refractivity contribution in [2.24, 2.45) is 0 Å². The quantitative estimate of drug-likeness (QED) is 0.721. The Bertz CT molecular complexity index is 341. The predicted octanol–water partition coefficient (Wildman–Crippen LogP) is 4.35. The summed E-state index contributed by atoms with van der Waals surface area (Å²) in [5, 5.41) is 9.95. The summed E-state index contributed by atoms with van der Waals surface area (Å²) in [5.74, 6) is -0.409. The highest BCUT2D eigenvalue weighted by molar-refractivity contribution is 6.30. The van der Waals surface area contributed by atoms with Crippen LogP contribution in [0.25, 0.3) is 0 Å². The van der Waals surface area contributed by atoms with Gasteiger partial charge in [-0.3, -0.25) is 0 Å². The normalized spacial score (nSPS) is 12.7. The SMILES string of the molecule is CCCCCCC(O)Cc1ccc(F)c(Cl)c1. The number of unbranched alkanes of at least 4 members (excludes halogenated alkanes) is 3. The molecule has 1 unspecified atom stereocenters. The zero-order chi connectivity index (χ0) is 12.7. The van der Waals surface area contributed by atoms with Gasteiger partial charge in [0.05, 0.1) is 11.1 Å². The van der Waals surface area contributed by atoms with E-state index in [-0.39, 0.29) is 11.1 Å². The molecule has 0 aliphatic rings. The molecule has 0 aromatic heterocycles. The summed E-state index contributed by atoms with van der Waals surface area (Å²) >= 11 is 5.69.